The Bertz CT molecular complexity index is 273. The summed E-state index contributed by atoms with van der Waals surface area (Å²) >= 11 is 0. The third kappa shape index (κ3) is 29.4. The largest absolute Gasteiger partial charge is 0.503 e. The van der Waals surface area contributed by atoms with E-state index in [0.29, 0.717) is 6.42 Å². The summed E-state index contributed by atoms with van der Waals surface area (Å²) in [4.78, 5) is 19.8. The van der Waals surface area contributed by atoms with Crippen molar-refractivity contribution < 1.29 is 24.5 Å². The van der Waals surface area contributed by atoms with Crippen molar-refractivity contribution in [1.29, 1.82) is 0 Å². The molecule has 0 fully saturated rings. The quantitative estimate of drug-likeness (QED) is 0.326. The maximum absolute atomic E-state index is 11.3. The number of rotatable bonds is 13. The molecule has 0 aliphatic carbocycles. The molecule has 0 rings (SSSR count). The zero-order chi connectivity index (χ0) is 17.9. The molecule has 0 aliphatic heterocycles. The summed E-state index contributed by atoms with van der Waals surface area (Å²) in [6, 6.07) is 0. The molecule has 0 heterocycles. The highest BCUT2D eigenvalue weighted by molar-refractivity contribution is 5.69. The normalized spacial score (nSPS) is 10.1. The Labute approximate surface area is 141 Å². The van der Waals surface area contributed by atoms with Crippen molar-refractivity contribution in [2.75, 3.05) is 0 Å². The molecule has 0 bridgehead atoms. The molecule has 0 aromatic carbocycles. The second-order valence-electron chi connectivity index (χ2n) is 6.11. The molecule has 0 atom stereocenters. The Morgan fingerprint density at radius 1 is 0.783 bits per heavy atom. The van der Waals surface area contributed by atoms with Crippen LogP contribution in [-0.2, 0) is 9.53 Å². The molecule has 138 valence electrons. The summed E-state index contributed by atoms with van der Waals surface area (Å²) in [5, 5.41) is 13.9. The third-order valence-electron chi connectivity index (χ3n) is 3.35. The molecular formula is C18H36O5. The van der Waals surface area contributed by atoms with Crippen LogP contribution in [0.25, 0.3) is 0 Å². The van der Waals surface area contributed by atoms with E-state index >= 15 is 0 Å². The van der Waals surface area contributed by atoms with Crippen LogP contribution in [0, 0.1) is 0 Å². The Morgan fingerprint density at radius 3 is 1.48 bits per heavy atom. The van der Waals surface area contributed by atoms with Gasteiger partial charge in [0, 0.05) is 6.42 Å². The van der Waals surface area contributed by atoms with Gasteiger partial charge in [0.25, 0.3) is 0 Å². The van der Waals surface area contributed by atoms with Crippen molar-refractivity contribution in [2.24, 2.45) is 0 Å². The highest BCUT2D eigenvalue weighted by atomic mass is 16.6. The lowest BCUT2D eigenvalue weighted by Crippen LogP contribution is -2.10. The van der Waals surface area contributed by atoms with Gasteiger partial charge in [-0.3, -0.25) is 4.79 Å². The van der Waals surface area contributed by atoms with E-state index < -0.39 is 6.16 Å². The molecule has 0 aromatic heterocycles. The molecule has 0 unspecified atom stereocenters. The summed E-state index contributed by atoms with van der Waals surface area (Å²) in [5.41, 5.74) is 0. The number of carbonyl (C=O) groups excluding carboxylic acids is 1. The van der Waals surface area contributed by atoms with E-state index in [9.17, 15) is 4.79 Å². The van der Waals surface area contributed by atoms with Crippen LogP contribution in [0.2, 0.25) is 0 Å². The fraction of sp³-hybridized carbons (Fsp3) is 0.889. The van der Waals surface area contributed by atoms with Crippen molar-refractivity contribution in [3.05, 3.63) is 0 Å². The van der Waals surface area contributed by atoms with Crippen LogP contribution in [-0.4, -0.2) is 28.4 Å². The predicted octanol–water partition coefficient (Wildman–Crippen LogP) is 5.86. The molecule has 0 saturated carbocycles. The molecule has 0 amide bonds. The molecule has 5 heteroatoms. The van der Waals surface area contributed by atoms with Gasteiger partial charge in [0.05, 0.1) is 6.10 Å². The number of esters is 1. The van der Waals surface area contributed by atoms with Crippen LogP contribution in [0.1, 0.15) is 97.8 Å². The molecular weight excluding hydrogens is 296 g/mol. The average molecular weight is 332 g/mol. The van der Waals surface area contributed by atoms with Crippen LogP contribution in [0.4, 0.5) is 4.79 Å². The topological polar surface area (TPSA) is 83.8 Å². The van der Waals surface area contributed by atoms with E-state index in [4.69, 9.17) is 19.7 Å². The first-order valence-electron chi connectivity index (χ1n) is 9.01. The summed E-state index contributed by atoms with van der Waals surface area (Å²) in [7, 11) is 0. The fourth-order valence-electron chi connectivity index (χ4n) is 2.26. The van der Waals surface area contributed by atoms with Crippen LogP contribution in [0.5, 0.6) is 0 Å². The number of hydrogen-bond donors (Lipinski definition) is 2. The van der Waals surface area contributed by atoms with Crippen molar-refractivity contribution in [2.45, 2.75) is 104 Å². The molecule has 0 aliphatic rings. The third-order valence-corrected chi connectivity index (χ3v) is 3.35. The van der Waals surface area contributed by atoms with Gasteiger partial charge in [-0.25, -0.2) is 4.79 Å². The van der Waals surface area contributed by atoms with Gasteiger partial charge < -0.3 is 14.9 Å². The van der Waals surface area contributed by atoms with Crippen LogP contribution >= 0.6 is 0 Å². The first kappa shape index (κ1) is 24.0. The number of carboxylic acid groups (broad SMARTS) is 2. The average Bonchev–Trinajstić information content (AvgIpc) is 2.43. The van der Waals surface area contributed by atoms with Gasteiger partial charge >= 0.3 is 12.1 Å². The van der Waals surface area contributed by atoms with E-state index in [2.05, 4.69) is 6.92 Å². The summed E-state index contributed by atoms with van der Waals surface area (Å²) in [6.07, 6.45) is 13.2. The van der Waals surface area contributed by atoms with Gasteiger partial charge in [-0.05, 0) is 20.3 Å². The van der Waals surface area contributed by atoms with Crippen molar-refractivity contribution in [1.82, 2.24) is 0 Å². The lowest BCUT2D eigenvalue weighted by molar-refractivity contribution is -0.147. The molecule has 23 heavy (non-hydrogen) atoms. The van der Waals surface area contributed by atoms with Gasteiger partial charge in [-0.1, -0.05) is 71.1 Å². The van der Waals surface area contributed by atoms with E-state index in [1.54, 1.807) is 0 Å². The minimum absolute atomic E-state index is 0.0280. The van der Waals surface area contributed by atoms with Gasteiger partial charge in [-0.2, -0.15) is 0 Å². The van der Waals surface area contributed by atoms with E-state index in [1.807, 2.05) is 13.8 Å². The summed E-state index contributed by atoms with van der Waals surface area (Å²) in [6.45, 7) is 6.06. The fourth-order valence-corrected chi connectivity index (χ4v) is 2.26. The number of carbonyl (C=O) groups is 2. The summed E-state index contributed by atoms with van der Waals surface area (Å²) in [5.74, 6) is -0.0362. The van der Waals surface area contributed by atoms with Crippen molar-refractivity contribution >= 4 is 12.1 Å². The van der Waals surface area contributed by atoms with Gasteiger partial charge in [0.2, 0.25) is 0 Å². The Kier molecular flexibility index (Phi) is 19.6. The second-order valence-corrected chi connectivity index (χ2v) is 6.11. The smallest absolute Gasteiger partial charge is 0.463 e. The Hall–Kier alpha value is -1.26. The maximum Gasteiger partial charge on any atom is 0.503 e. The van der Waals surface area contributed by atoms with Gasteiger partial charge in [0.1, 0.15) is 0 Å². The summed E-state index contributed by atoms with van der Waals surface area (Å²) < 4.78 is 5.10. The molecule has 0 spiro atoms. The zero-order valence-corrected chi connectivity index (χ0v) is 15.2. The number of unbranched alkanes of at least 4 members (excludes halogenated alkanes) is 10. The van der Waals surface area contributed by atoms with Crippen LogP contribution < -0.4 is 0 Å². The molecule has 0 saturated heterocycles. The zero-order valence-electron chi connectivity index (χ0n) is 15.2. The molecule has 0 radical (unpaired) electrons. The molecule has 5 nitrogen and oxygen atoms in total. The highest BCUT2D eigenvalue weighted by Gasteiger charge is 2.04. The van der Waals surface area contributed by atoms with Crippen LogP contribution in [0.15, 0.2) is 0 Å². The van der Waals surface area contributed by atoms with Crippen molar-refractivity contribution in [3.8, 4) is 0 Å². The second kappa shape index (κ2) is 18.8. The lowest BCUT2D eigenvalue weighted by atomic mass is 10.1. The maximum atomic E-state index is 11.3. The molecule has 0 aromatic rings. The van der Waals surface area contributed by atoms with Crippen LogP contribution in [0.3, 0.4) is 0 Å². The van der Waals surface area contributed by atoms with Crippen molar-refractivity contribution in [3.63, 3.8) is 0 Å². The van der Waals surface area contributed by atoms with E-state index in [0.717, 1.165) is 6.42 Å². The monoisotopic (exact) mass is 332 g/mol. The van der Waals surface area contributed by atoms with Gasteiger partial charge in [-0.15, -0.1) is 0 Å². The standard InChI is InChI=1S/C17H34O2.CH2O3/c1-4-5-6-7-8-9-10-11-12-13-14-15-17(18)19-16(2)3;2-1(3)4/h16H,4-15H2,1-3H3;(H2,2,3,4). The predicted molar refractivity (Wildman–Crippen MR) is 93.0 cm³/mol. The van der Waals surface area contributed by atoms with E-state index in [-0.39, 0.29) is 12.1 Å². The van der Waals surface area contributed by atoms with Gasteiger partial charge in [0.15, 0.2) is 0 Å². The number of hydrogen-bond acceptors (Lipinski definition) is 3. The minimum Gasteiger partial charge on any atom is -0.463 e. The highest BCUT2D eigenvalue weighted by Crippen LogP contribution is 2.12. The minimum atomic E-state index is -1.83. The lowest BCUT2D eigenvalue weighted by Gasteiger charge is -2.07. The first-order chi connectivity index (χ1) is 10.9. The SMILES string of the molecule is CCCCCCCCCCCCCC(=O)OC(C)C.O=C(O)O. The Morgan fingerprint density at radius 2 is 1.13 bits per heavy atom. The molecule has 2 N–H and O–H groups in total. The Balaban J connectivity index is 0. The number of ether oxygens (including phenoxy) is 1. The van der Waals surface area contributed by atoms with E-state index in [1.165, 1.54) is 64.2 Å². The first-order valence-corrected chi connectivity index (χ1v) is 9.01.